The first-order valence-corrected chi connectivity index (χ1v) is 11.8. The quantitative estimate of drug-likeness (QED) is 0.373. The van der Waals surface area contributed by atoms with E-state index in [0.29, 0.717) is 16.8 Å². The molecule has 0 amide bonds. The minimum atomic E-state index is -2.78. The Balaban J connectivity index is 2.01. The molecule has 172 valence electrons. The van der Waals surface area contributed by atoms with Gasteiger partial charge in [0.2, 0.25) is 8.03 Å². The van der Waals surface area contributed by atoms with Crippen molar-refractivity contribution in [3.63, 3.8) is 0 Å². The molecule has 1 unspecified atom stereocenters. The second-order valence-electron chi connectivity index (χ2n) is 7.67. The number of nitrogens with zero attached hydrogens (tertiary/aromatic N) is 2. The summed E-state index contributed by atoms with van der Waals surface area (Å²) in [5, 5.41) is 23.1. The van der Waals surface area contributed by atoms with Gasteiger partial charge >= 0.3 is 5.97 Å². The molecule has 2 atom stereocenters. The number of carboxylic acids is 1. The maximum atomic E-state index is 13.5. The van der Waals surface area contributed by atoms with Crippen molar-refractivity contribution < 1.29 is 28.5 Å². The van der Waals surface area contributed by atoms with Crippen molar-refractivity contribution in [2.75, 3.05) is 6.16 Å². The van der Waals surface area contributed by atoms with Crippen molar-refractivity contribution in [3.8, 4) is 29.0 Å². The van der Waals surface area contributed by atoms with Crippen LogP contribution in [0.3, 0.4) is 0 Å². The predicted molar refractivity (Wildman–Crippen MR) is 123 cm³/mol. The van der Waals surface area contributed by atoms with E-state index >= 15 is 0 Å². The standard InChI is InChI=1S/C24H24FN2O5P/c1-16(2)24-21(12-13-32-33(31)15-20(28)14-22(29)30)23(17-8-10-18(25)11-9-17)26-27(24)19-6-4-3-5-7-19/h3-11,16,20,28,33H,14-15H2,1-2H3,(H,29,30)/t20-/m0/s1. The molecule has 2 aromatic carbocycles. The molecule has 3 aromatic rings. The highest BCUT2D eigenvalue weighted by Gasteiger charge is 2.22. The fourth-order valence-corrected chi connectivity index (χ4v) is 4.08. The molecule has 33 heavy (non-hydrogen) atoms. The van der Waals surface area contributed by atoms with E-state index in [-0.39, 0.29) is 17.9 Å². The molecule has 0 aliphatic heterocycles. The molecule has 0 bridgehead atoms. The molecule has 0 radical (unpaired) electrons. The number of benzene rings is 2. The van der Waals surface area contributed by atoms with Gasteiger partial charge in [0.05, 0.1) is 35.6 Å². The van der Waals surface area contributed by atoms with E-state index in [4.69, 9.17) is 14.7 Å². The molecule has 3 rings (SSSR count). The van der Waals surface area contributed by atoms with Gasteiger partial charge in [0.25, 0.3) is 0 Å². The van der Waals surface area contributed by atoms with E-state index in [2.05, 4.69) is 12.0 Å². The number of rotatable bonds is 8. The Morgan fingerprint density at radius 2 is 1.85 bits per heavy atom. The molecule has 1 heterocycles. The van der Waals surface area contributed by atoms with Crippen LogP contribution in [-0.4, -0.2) is 38.2 Å². The van der Waals surface area contributed by atoms with Gasteiger partial charge in [0.15, 0.2) is 0 Å². The predicted octanol–water partition coefficient (Wildman–Crippen LogP) is 4.44. The van der Waals surface area contributed by atoms with Gasteiger partial charge in [0.1, 0.15) is 17.6 Å². The van der Waals surface area contributed by atoms with Gasteiger partial charge in [0, 0.05) is 5.56 Å². The van der Waals surface area contributed by atoms with Crippen LogP contribution in [-0.2, 0) is 13.9 Å². The van der Waals surface area contributed by atoms with Crippen LogP contribution in [0.15, 0.2) is 54.6 Å². The zero-order valence-electron chi connectivity index (χ0n) is 18.2. The number of para-hydroxylation sites is 1. The highest BCUT2D eigenvalue weighted by molar-refractivity contribution is 7.39. The van der Waals surface area contributed by atoms with Crippen molar-refractivity contribution in [1.29, 1.82) is 0 Å². The maximum absolute atomic E-state index is 13.5. The fraction of sp³-hybridized carbons (Fsp3) is 0.250. The second-order valence-corrected chi connectivity index (χ2v) is 9.03. The third-order valence-corrected chi connectivity index (χ3v) is 5.87. The molecule has 0 saturated carbocycles. The number of hydrogen-bond donors (Lipinski definition) is 2. The molecule has 0 aliphatic carbocycles. The maximum Gasteiger partial charge on any atom is 0.305 e. The van der Waals surface area contributed by atoms with Crippen LogP contribution in [0.25, 0.3) is 16.9 Å². The normalized spacial score (nSPS) is 12.6. The number of carbonyl (C=O) groups is 1. The number of halogens is 1. The third kappa shape index (κ3) is 6.32. The lowest BCUT2D eigenvalue weighted by molar-refractivity contribution is -0.138. The van der Waals surface area contributed by atoms with Crippen LogP contribution in [0.2, 0.25) is 0 Å². The molecule has 9 heteroatoms. The van der Waals surface area contributed by atoms with E-state index in [1.54, 1.807) is 16.8 Å². The Labute approximate surface area is 191 Å². The van der Waals surface area contributed by atoms with Crippen molar-refractivity contribution in [1.82, 2.24) is 9.78 Å². The summed E-state index contributed by atoms with van der Waals surface area (Å²) in [6.45, 7) is 3.98. The summed E-state index contributed by atoms with van der Waals surface area (Å²) in [5.41, 5.74) is 3.33. The van der Waals surface area contributed by atoms with Gasteiger partial charge in [-0.05, 0) is 48.2 Å². The fourth-order valence-electron chi connectivity index (χ4n) is 3.30. The van der Waals surface area contributed by atoms with Gasteiger partial charge in [-0.25, -0.2) is 9.07 Å². The molecule has 7 nitrogen and oxygen atoms in total. The monoisotopic (exact) mass is 470 g/mol. The zero-order chi connectivity index (χ0) is 24.0. The first-order chi connectivity index (χ1) is 15.8. The summed E-state index contributed by atoms with van der Waals surface area (Å²) in [4.78, 5) is 10.7. The lowest BCUT2D eigenvalue weighted by atomic mass is 10.0. The van der Waals surface area contributed by atoms with Gasteiger partial charge in [-0.2, -0.15) is 5.10 Å². The first kappa shape index (κ1) is 24.2. The van der Waals surface area contributed by atoms with Gasteiger partial charge < -0.3 is 14.7 Å². The summed E-state index contributed by atoms with van der Waals surface area (Å²) in [6, 6.07) is 15.4. The lowest BCUT2D eigenvalue weighted by Crippen LogP contribution is -2.15. The van der Waals surface area contributed by atoms with Crippen molar-refractivity contribution >= 4 is 14.0 Å². The van der Waals surface area contributed by atoms with Crippen molar-refractivity contribution in [2.45, 2.75) is 32.3 Å². The van der Waals surface area contributed by atoms with Gasteiger partial charge in [-0.1, -0.05) is 32.0 Å². The molecule has 0 fully saturated rings. The van der Waals surface area contributed by atoms with Crippen molar-refractivity contribution in [3.05, 3.63) is 71.7 Å². The number of carboxylic acid groups (broad SMARTS) is 1. The SMILES string of the molecule is CC(C)c1c(C#CO[PH](=O)C[C@@H](O)CC(=O)O)c(-c2ccc(F)cc2)nn1-c1ccccc1. The Morgan fingerprint density at radius 3 is 2.45 bits per heavy atom. The lowest BCUT2D eigenvalue weighted by Gasteiger charge is -2.10. The number of aliphatic hydroxyl groups excluding tert-OH is 1. The van der Waals surface area contributed by atoms with Gasteiger partial charge in [-0.3, -0.25) is 9.36 Å². The molecule has 0 aliphatic rings. The summed E-state index contributed by atoms with van der Waals surface area (Å²) in [6.07, 6.45) is 0.325. The minimum Gasteiger partial charge on any atom is -0.481 e. The van der Waals surface area contributed by atoms with E-state index in [0.717, 1.165) is 11.4 Å². The average molecular weight is 470 g/mol. The molecular weight excluding hydrogens is 446 g/mol. The van der Waals surface area contributed by atoms with Gasteiger partial charge in [-0.15, -0.1) is 0 Å². The summed E-state index contributed by atoms with van der Waals surface area (Å²) in [5.74, 6) is 1.33. The second kappa shape index (κ2) is 11.0. The molecule has 2 N–H and O–H groups in total. The van der Waals surface area contributed by atoms with Crippen LogP contribution < -0.4 is 0 Å². The number of aliphatic hydroxyl groups is 1. The van der Waals surface area contributed by atoms with E-state index in [9.17, 15) is 18.9 Å². The molecular formula is C24H24FN2O5P. The Morgan fingerprint density at radius 1 is 1.18 bits per heavy atom. The van der Waals surface area contributed by atoms with E-state index < -0.39 is 26.5 Å². The topological polar surface area (TPSA) is 102 Å². The summed E-state index contributed by atoms with van der Waals surface area (Å²) < 4.78 is 32.5. The highest BCUT2D eigenvalue weighted by atomic mass is 31.1. The zero-order valence-corrected chi connectivity index (χ0v) is 19.2. The van der Waals surface area contributed by atoms with E-state index in [1.807, 2.05) is 44.2 Å². The largest absolute Gasteiger partial charge is 0.481 e. The number of hydrogen-bond acceptors (Lipinski definition) is 5. The summed E-state index contributed by atoms with van der Waals surface area (Å²) in [7, 11) is -2.78. The van der Waals surface area contributed by atoms with Crippen LogP contribution in [0.4, 0.5) is 4.39 Å². The molecule has 1 aromatic heterocycles. The average Bonchev–Trinajstić information content (AvgIpc) is 3.14. The van der Waals surface area contributed by atoms with Crippen LogP contribution >= 0.6 is 8.03 Å². The smallest absolute Gasteiger partial charge is 0.305 e. The van der Waals surface area contributed by atoms with Crippen molar-refractivity contribution in [2.24, 2.45) is 0 Å². The summed E-state index contributed by atoms with van der Waals surface area (Å²) >= 11 is 0. The van der Waals surface area contributed by atoms with Crippen LogP contribution in [0, 0.1) is 17.8 Å². The Hall–Kier alpha value is -3.40. The van der Waals surface area contributed by atoms with E-state index in [1.165, 1.54) is 12.1 Å². The number of aromatic nitrogens is 2. The third-order valence-electron chi connectivity index (χ3n) is 4.74. The highest BCUT2D eigenvalue weighted by Crippen LogP contribution is 2.32. The Kier molecular flexibility index (Phi) is 8.05. The molecule has 0 saturated heterocycles. The number of aliphatic carboxylic acids is 1. The van der Waals surface area contributed by atoms with Crippen LogP contribution in [0.1, 0.15) is 37.4 Å². The first-order valence-electron chi connectivity index (χ1n) is 10.3. The molecule has 0 spiro atoms. The Bertz CT molecular complexity index is 1200. The minimum absolute atomic E-state index is 0.00520. The van der Waals surface area contributed by atoms with Crippen LogP contribution in [0.5, 0.6) is 0 Å².